The lowest BCUT2D eigenvalue weighted by molar-refractivity contribution is 0.101. The van der Waals surface area contributed by atoms with Crippen LogP contribution in [0.5, 0.6) is 0 Å². The summed E-state index contributed by atoms with van der Waals surface area (Å²) >= 11 is 0. The fourth-order valence-electron chi connectivity index (χ4n) is 1.59. The Kier molecular flexibility index (Phi) is 1.69. The van der Waals surface area contributed by atoms with E-state index in [1.54, 1.807) is 6.92 Å². The number of fused-ring (bicyclic) bond motifs is 1. The van der Waals surface area contributed by atoms with Crippen LogP contribution in [0.2, 0.25) is 0 Å². The van der Waals surface area contributed by atoms with Gasteiger partial charge < -0.3 is 4.98 Å². The van der Waals surface area contributed by atoms with E-state index in [9.17, 15) is 4.79 Å². The van der Waals surface area contributed by atoms with E-state index in [2.05, 4.69) is 4.98 Å². The van der Waals surface area contributed by atoms with Gasteiger partial charge in [0.1, 0.15) is 0 Å². The highest BCUT2D eigenvalue weighted by atomic mass is 16.1. The third-order valence-electron chi connectivity index (χ3n) is 2.28. The number of hydrogen-bond acceptors (Lipinski definition) is 1. The van der Waals surface area contributed by atoms with Gasteiger partial charge in [-0.05, 0) is 43.0 Å². The Morgan fingerprint density at radius 1 is 1.38 bits per heavy atom. The Morgan fingerprint density at radius 3 is 2.85 bits per heavy atom. The van der Waals surface area contributed by atoms with Crippen molar-refractivity contribution in [3.63, 3.8) is 0 Å². The predicted molar refractivity (Wildman–Crippen MR) is 53.0 cm³/mol. The van der Waals surface area contributed by atoms with Gasteiger partial charge >= 0.3 is 0 Å². The Labute approximate surface area is 76.6 Å². The van der Waals surface area contributed by atoms with Crippen LogP contribution in [0.3, 0.4) is 0 Å². The molecule has 0 saturated heterocycles. The van der Waals surface area contributed by atoms with Crippen LogP contribution in [-0.2, 0) is 0 Å². The SMILES string of the molecule is CC(=O)c1cc2[nH]ccc2cc1C. The van der Waals surface area contributed by atoms with Crippen molar-refractivity contribution in [1.29, 1.82) is 0 Å². The summed E-state index contributed by atoms with van der Waals surface area (Å²) in [5.74, 6) is 0.119. The molecule has 0 aliphatic rings. The number of ketones is 1. The quantitative estimate of drug-likeness (QED) is 0.661. The van der Waals surface area contributed by atoms with Crippen LogP contribution in [0.4, 0.5) is 0 Å². The summed E-state index contributed by atoms with van der Waals surface area (Å²) in [6.07, 6.45) is 1.88. The number of aromatic nitrogens is 1. The number of Topliss-reactive ketones (excluding diaryl/α,β-unsaturated/α-hetero) is 1. The minimum Gasteiger partial charge on any atom is -0.361 e. The molecule has 0 aliphatic carbocycles. The van der Waals surface area contributed by atoms with Gasteiger partial charge in [-0.1, -0.05) is 0 Å². The van der Waals surface area contributed by atoms with Gasteiger partial charge in [0, 0.05) is 17.3 Å². The topological polar surface area (TPSA) is 32.9 Å². The molecular formula is C11H11NO. The first-order valence-corrected chi connectivity index (χ1v) is 4.27. The second-order valence-corrected chi connectivity index (χ2v) is 3.29. The molecule has 1 heterocycles. The van der Waals surface area contributed by atoms with E-state index in [1.165, 1.54) is 0 Å². The minimum absolute atomic E-state index is 0.119. The van der Waals surface area contributed by atoms with Crippen LogP contribution in [0.15, 0.2) is 24.4 Å². The maximum atomic E-state index is 11.2. The lowest BCUT2D eigenvalue weighted by Crippen LogP contribution is -1.95. The number of H-pyrrole nitrogens is 1. The van der Waals surface area contributed by atoms with Gasteiger partial charge in [0.25, 0.3) is 0 Å². The molecule has 0 fully saturated rings. The van der Waals surface area contributed by atoms with Crippen molar-refractivity contribution in [3.05, 3.63) is 35.5 Å². The van der Waals surface area contributed by atoms with E-state index in [1.807, 2.05) is 31.3 Å². The molecule has 13 heavy (non-hydrogen) atoms. The second-order valence-electron chi connectivity index (χ2n) is 3.29. The molecule has 0 amide bonds. The van der Waals surface area contributed by atoms with Crippen LogP contribution < -0.4 is 0 Å². The Balaban J connectivity index is 2.76. The van der Waals surface area contributed by atoms with Crippen molar-refractivity contribution in [1.82, 2.24) is 4.98 Å². The third-order valence-corrected chi connectivity index (χ3v) is 2.28. The molecule has 2 nitrogen and oxygen atoms in total. The summed E-state index contributed by atoms with van der Waals surface area (Å²) in [6, 6.07) is 5.95. The molecule has 1 aromatic heterocycles. The summed E-state index contributed by atoms with van der Waals surface area (Å²) < 4.78 is 0. The van der Waals surface area contributed by atoms with Crippen molar-refractivity contribution in [2.75, 3.05) is 0 Å². The van der Waals surface area contributed by atoms with Gasteiger partial charge in [0.15, 0.2) is 5.78 Å². The van der Waals surface area contributed by atoms with Gasteiger partial charge in [-0.3, -0.25) is 4.79 Å². The highest BCUT2D eigenvalue weighted by Gasteiger charge is 2.05. The molecule has 2 aromatic rings. The molecule has 2 rings (SSSR count). The van der Waals surface area contributed by atoms with E-state index >= 15 is 0 Å². The van der Waals surface area contributed by atoms with E-state index in [4.69, 9.17) is 0 Å². The fraction of sp³-hybridized carbons (Fsp3) is 0.182. The Bertz CT molecular complexity index is 468. The van der Waals surface area contributed by atoms with Crippen molar-refractivity contribution in [2.45, 2.75) is 13.8 Å². The molecule has 0 radical (unpaired) electrons. The average molecular weight is 173 g/mol. The molecule has 0 atom stereocenters. The first kappa shape index (κ1) is 8.05. The molecular weight excluding hydrogens is 162 g/mol. The van der Waals surface area contributed by atoms with Crippen molar-refractivity contribution >= 4 is 16.7 Å². The van der Waals surface area contributed by atoms with Crippen LogP contribution in [0.1, 0.15) is 22.8 Å². The molecule has 0 bridgehead atoms. The van der Waals surface area contributed by atoms with Gasteiger partial charge in [-0.25, -0.2) is 0 Å². The Morgan fingerprint density at radius 2 is 2.15 bits per heavy atom. The van der Waals surface area contributed by atoms with Crippen molar-refractivity contribution in [3.8, 4) is 0 Å². The zero-order valence-electron chi connectivity index (χ0n) is 7.72. The second kappa shape index (κ2) is 2.73. The number of benzene rings is 1. The number of nitrogens with one attached hydrogen (secondary N) is 1. The molecule has 0 spiro atoms. The number of carbonyl (C=O) groups excluding carboxylic acids is 1. The molecule has 0 unspecified atom stereocenters. The Hall–Kier alpha value is -1.57. The maximum absolute atomic E-state index is 11.2. The molecule has 1 aromatic carbocycles. The molecule has 1 N–H and O–H groups in total. The smallest absolute Gasteiger partial charge is 0.160 e. The molecule has 2 heteroatoms. The number of carbonyl (C=O) groups is 1. The zero-order valence-corrected chi connectivity index (χ0v) is 7.72. The standard InChI is InChI=1S/C11H11NO/c1-7-5-9-3-4-12-11(9)6-10(7)8(2)13/h3-6,12H,1-2H3. The van der Waals surface area contributed by atoms with Gasteiger partial charge in [-0.2, -0.15) is 0 Å². The number of hydrogen-bond donors (Lipinski definition) is 1. The largest absolute Gasteiger partial charge is 0.361 e. The first-order chi connectivity index (χ1) is 6.18. The minimum atomic E-state index is 0.119. The van der Waals surface area contributed by atoms with Crippen LogP contribution >= 0.6 is 0 Å². The van der Waals surface area contributed by atoms with Crippen LogP contribution in [0.25, 0.3) is 10.9 Å². The summed E-state index contributed by atoms with van der Waals surface area (Å²) in [4.78, 5) is 14.3. The summed E-state index contributed by atoms with van der Waals surface area (Å²) in [7, 11) is 0. The molecule has 0 saturated carbocycles. The summed E-state index contributed by atoms with van der Waals surface area (Å²) in [6.45, 7) is 3.56. The van der Waals surface area contributed by atoms with Gasteiger partial charge in [0.05, 0.1) is 0 Å². The average Bonchev–Trinajstić information content (AvgIpc) is 2.48. The first-order valence-electron chi connectivity index (χ1n) is 4.27. The number of rotatable bonds is 1. The maximum Gasteiger partial charge on any atom is 0.160 e. The number of aryl methyl sites for hydroxylation is 1. The van der Waals surface area contributed by atoms with Crippen LogP contribution in [-0.4, -0.2) is 10.8 Å². The molecule has 66 valence electrons. The normalized spacial score (nSPS) is 10.6. The zero-order chi connectivity index (χ0) is 9.42. The van der Waals surface area contributed by atoms with Gasteiger partial charge in [0.2, 0.25) is 0 Å². The van der Waals surface area contributed by atoms with Gasteiger partial charge in [-0.15, -0.1) is 0 Å². The van der Waals surface area contributed by atoms with E-state index < -0.39 is 0 Å². The third kappa shape index (κ3) is 1.24. The lowest BCUT2D eigenvalue weighted by Gasteiger charge is -2.01. The lowest BCUT2D eigenvalue weighted by atomic mass is 10.0. The monoisotopic (exact) mass is 173 g/mol. The fourth-order valence-corrected chi connectivity index (χ4v) is 1.59. The highest BCUT2D eigenvalue weighted by molar-refractivity contribution is 5.99. The van der Waals surface area contributed by atoms with E-state index in [0.29, 0.717) is 0 Å². The van der Waals surface area contributed by atoms with Crippen molar-refractivity contribution < 1.29 is 4.79 Å². The molecule has 0 aliphatic heterocycles. The summed E-state index contributed by atoms with van der Waals surface area (Å²) in [5.41, 5.74) is 2.87. The van der Waals surface area contributed by atoms with Crippen molar-refractivity contribution in [2.24, 2.45) is 0 Å². The highest BCUT2D eigenvalue weighted by Crippen LogP contribution is 2.18. The van der Waals surface area contributed by atoms with E-state index in [0.717, 1.165) is 22.0 Å². The predicted octanol–water partition coefficient (Wildman–Crippen LogP) is 2.68. The summed E-state index contributed by atoms with van der Waals surface area (Å²) in [5, 5.41) is 1.16. The van der Waals surface area contributed by atoms with Crippen LogP contribution in [0, 0.1) is 6.92 Å². The van der Waals surface area contributed by atoms with E-state index in [-0.39, 0.29) is 5.78 Å². The number of aromatic amines is 1.